The van der Waals surface area contributed by atoms with E-state index in [1.54, 1.807) is 12.1 Å². The van der Waals surface area contributed by atoms with Crippen LogP contribution in [0.1, 0.15) is 38.0 Å². The highest BCUT2D eigenvalue weighted by molar-refractivity contribution is 6.07. The topological polar surface area (TPSA) is 108 Å². The average Bonchev–Trinajstić information content (AvgIpc) is 2.60. The van der Waals surface area contributed by atoms with Crippen molar-refractivity contribution < 1.29 is 23.9 Å². The Morgan fingerprint density at radius 1 is 0.960 bits per heavy atom. The molecule has 7 nitrogen and oxygen atoms in total. The molecule has 0 fully saturated rings. The number of rotatable bonds is 5. The quantitative estimate of drug-likeness (QED) is 0.491. The Morgan fingerprint density at radius 3 is 2.24 bits per heavy atom. The van der Waals surface area contributed by atoms with Gasteiger partial charge in [-0.25, -0.2) is 4.79 Å². The lowest BCUT2D eigenvalue weighted by Gasteiger charge is -2.12. The summed E-state index contributed by atoms with van der Waals surface area (Å²) >= 11 is 0. The molecular weight excluding hydrogens is 324 g/mol. The first kappa shape index (κ1) is 18.0. The highest BCUT2D eigenvalue weighted by Gasteiger charge is 2.15. The van der Waals surface area contributed by atoms with E-state index in [1.807, 2.05) is 0 Å². The molecule has 2 aromatic rings. The zero-order valence-electron chi connectivity index (χ0n) is 14.1. The minimum atomic E-state index is -0.600. The molecule has 0 aliphatic carbocycles. The third kappa shape index (κ3) is 4.14. The summed E-state index contributed by atoms with van der Waals surface area (Å²) in [7, 11) is 2.69. The van der Waals surface area contributed by atoms with Crippen LogP contribution in [-0.4, -0.2) is 31.9 Å². The fourth-order valence-corrected chi connectivity index (χ4v) is 2.24. The van der Waals surface area contributed by atoms with Gasteiger partial charge < -0.3 is 20.5 Å². The molecular formula is C18H18N2O5. The van der Waals surface area contributed by atoms with Crippen LogP contribution in [0.25, 0.3) is 0 Å². The van der Waals surface area contributed by atoms with Gasteiger partial charge >= 0.3 is 5.97 Å². The van der Waals surface area contributed by atoms with Crippen molar-refractivity contribution in [2.45, 2.75) is 6.92 Å². The van der Waals surface area contributed by atoms with Crippen LogP contribution >= 0.6 is 0 Å². The number of benzene rings is 2. The molecule has 130 valence electrons. The lowest BCUT2D eigenvalue weighted by molar-refractivity contribution is 0.0600. The number of nitrogens with one attached hydrogen (secondary N) is 1. The molecule has 0 aliphatic heterocycles. The highest BCUT2D eigenvalue weighted by Crippen LogP contribution is 2.26. The first-order chi connectivity index (χ1) is 11.8. The molecule has 0 radical (unpaired) electrons. The second-order valence-corrected chi connectivity index (χ2v) is 5.26. The third-order valence-electron chi connectivity index (χ3n) is 3.49. The summed E-state index contributed by atoms with van der Waals surface area (Å²) in [6.45, 7) is 1.42. The van der Waals surface area contributed by atoms with Crippen LogP contribution in [0.3, 0.4) is 0 Å². The number of nitrogen functional groups attached to an aromatic ring is 1. The van der Waals surface area contributed by atoms with Crippen LogP contribution < -0.4 is 15.8 Å². The van der Waals surface area contributed by atoms with Crippen LogP contribution in [0.4, 0.5) is 11.4 Å². The second-order valence-electron chi connectivity index (χ2n) is 5.26. The zero-order valence-corrected chi connectivity index (χ0v) is 14.1. The molecule has 0 heterocycles. The van der Waals surface area contributed by atoms with Gasteiger partial charge in [0, 0.05) is 16.8 Å². The normalized spacial score (nSPS) is 10.0. The van der Waals surface area contributed by atoms with E-state index in [9.17, 15) is 14.4 Å². The van der Waals surface area contributed by atoms with Crippen molar-refractivity contribution in [3.05, 3.63) is 53.1 Å². The van der Waals surface area contributed by atoms with E-state index in [4.69, 9.17) is 10.5 Å². The molecule has 0 aliphatic rings. The molecule has 7 heteroatoms. The molecule has 1 amide bonds. The molecule has 0 spiro atoms. The van der Waals surface area contributed by atoms with Gasteiger partial charge in [-0.3, -0.25) is 9.59 Å². The van der Waals surface area contributed by atoms with Crippen molar-refractivity contribution in [2.24, 2.45) is 0 Å². The van der Waals surface area contributed by atoms with E-state index < -0.39 is 11.9 Å². The van der Waals surface area contributed by atoms with Crippen molar-refractivity contribution in [1.29, 1.82) is 0 Å². The van der Waals surface area contributed by atoms with Gasteiger partial charge in [0.05, 0.1) is 25.5 Å². The van der Waals surface area contributed by atoms with E-state index in [-0.39, 0.29) is 22.6 Å². The summed E-state index contributed by atoms with van der Waals surface area (Å²) in [5.41, 5.74) is 7.10. The number of ketones is 1. The van der Waals surface area contributed by atoms with Gasteiger partial charge in [0.15, 0.2) is 5.78 Å². The fraction of sp³-hybridized carbons (Fsp3) is 0.167. The number of methoxy groups -OCH3 is 2. The maximum Gasteiger partial charge on any atom is 0.337 e. The Balaban J connectivity index is 2.37. The third-order valence-corrected chi connectivity index (χ3v) is 3.49. The lowest BCUT2D eigenvalue weighted by atomic mass is 10.1. The Labute approximate surface area is 144 Å². The Bertz CT molecular complexity index is 845. The summed E-state index contributed by atoms with van der Waals surface area (Å²) in [5.74, 6) is -0.848. The van der Waals surface area contributed by atoms with Crippen LogP contribution in [0.5, 0.6) is 5.75 Å². The fourth-order valence-electron chi connectivity index (χ4n) is 2.24. The molecule has 0 saturated heterocycles. The second kappa shape index (κ2) is 7.48. The summed E-state index contributed by atoms with van der Waals surface area (Å²) in [6, 6.07) is 8.94. The minimum absolute atomic E-state index is 0.143. The number of anilines is 2. The number of esters is 1. The van der Waals surface area contributed by atoms with E-state index >= 15 is 0 Å². The van der Waals surface area contributed by atoms with Gasteiger partial charge in [0.2, 0.25) is 0 Å². The monoisotopic (exact) mass is 342 g/mol. The number of carbonyl (C=O) groups is 3. The van der Waals surface area contributed by atoms with Crippen molar-refractivity contribution in [3.63, 3.8) is 0 Å². The van der Waals surface area contributed by atoms with Crippen molar-refractivity contribution in [1.82, 2.24) is 0 Å². The number of nitrogens with two attached hydrogens (primary N) is 1. The molecule has 0 saturated carbocycles. The Kier molecular flexibility index (Phi) is 5.38. The number of hydrogen-bond acceptors (Lipinski definition) is 6. The van der Waals surface area contributed by atoms with Gasteiger partial charge in [-0.2, -0.15) is 0 Å². The summed E-state index contributed by atoms with van der Waals surface area (Å²) in [6.07, 6.45) is 0. The molecule has 2 aromatic carbocycles. The van der Waals surface area contributed by atoms with Crippen molar-refractivity contribution in [3.8, 4) is 5.75 Å². The molecule has 25 heavy (non-hydrogen) atoms. The van der Waals surface area contributed by atoms with Crippen LogP contribution in [-0.2, 0) is 4.74 Å². The standard InChI is InChI=1S/C18H18N2O5/c1-10(21)11-4-5-16(24-2)15(9-11)20-17(22)12-6-13(18(23)25-3)8-14(19)7-12/h4-9H,19H2,1-3H3,(H,20,22). The van der Waals surface area contributed by atoms with Crippen LogP contribution in [0, 0.1) is 0 Å². The number of amides is 1. The van der Waals surface area contributed by atoms with E-state index in [1.165, 1.54) is 45.4 Å². The van der Waals surface area contributed by atoms with Crippen molar-refractivity contribution >= 4 is 29.0 Å². The maximum atomic E-state index is 12.5. The zero-order chi connectivity index (χ0) is 18.6. The smallest absolute Gasteiger partial charge is 0.337 e. The number of ether oxygens (including phenoxy) is 2. The minimum Gasteiger partial charge on any atom is -0.495 e. The Hall–Kier alpha value is -3.35. The molecule has 0 bridgehead atoms. The molecule has 0 unspecified atom stereocenters. The first-order valence-corrected chi connectivity index (χ1v) is 7.35. The molecule has 2 rings (SSSR count). The summed E-state index contributed by atoms with van der Waals surface area (Å²) in [5, 5.41) is 2.66. The van der Waals surface area contributed by atoms with Gasteiger partial charge in [0.25, 0.3) is 5.91 Å². The van der Waals surface area contributed by atoms with Crippen molar-refractivity contribution in [2.75, 3.05) is 25.3 Å². The average molecular weight is 342 g/mol. The number of hydrogen-bond donors (Lipinski definition) is 2. The number of carbonyl (C=O) groups excluding carboxylic acids is 3. The van der Waals surface area contributed by atoms with E-state index in [0.717, 1.165) is 0 Å². The van der Waals surface area contributed by atoms with Crippen LogP contribution in [0.15, 0.2) is 36.4 Å². The number of Topliss-reactive ketones (excluding diaryl/α,β-unsaturated/α-hetero) is 1. The first-order valence-electron chi connectivity index (χ1n) is 7.35. The Morgan fingerprint density at radius 2 is 1.64 bits per heavy atom. The van der Waals surface area contributed by atoms with E-state index in [2.05, 4.69) is 10.1 Å². The highest BCUT2D eigenvalue weighted by atomic mass is 16.5. The van der Waals surface area contributed by atoms with Gasteiger partial charge in [0.1, 0.15) is 5.75 Å². The van der Waals surface area contributed by atoms with Gasteiger partial charge in [-0.05, 0) is 43.3 Å². The summed E-state index contributed by atoms with van der Waals surface area (Å²) in [4.78, 5) is 35.7. The molecule has 0 atom stereocenters. The molecule has 3 N–H and O–H groups in total. The largest absolute Gasteiger partial charge is 0.495 e. The predicted molar refractivity (Wildman–Crippen MR) is 93.1 cm³/mol. The molecule has 0 aromatic heterocycles. The van der Waals surface area contributed by atoms with Gasteiger partial charge in [-0.1, -0.05) is 0 Å². The SMILES string of the molecule is COC(=O)c1cc(N)cc(C(=O)Nc2cc(C(C)=O)ccc2OC)c1. The van der Waals surface area contributed by atoms with Crippen LogP contribution in [0.2, 0.25) is 0 Å². The van der Waals surface area contributed by atoms with Gasteiger partial charge in [-0.15, -0.1) is 0 Å². The van der Waals surface area contributed by atoms with E-state index in [0.29, 0.717) is 17.0 Å². The lowest BCUT2D eigenvalue weighted by Crippen LogP contribution is -2.15. The maximum absolute atomic E-state index is 12.5. The predicted octanol–water partition coefficient (Wildman–Crippen LogP) is 2.52. The summed E-state index contributed by atoms with van der Waals surface area (Å²) < 4.78 is 9.83.